The lowest BCUT2D eigenvalue weighted by atomic mass is 10.00. The monoisotopic (exact) mass is 329 g/mol. The van der Waals surface area contributed by atoms with Gasteiger partial charge in [0.1, 0.15) is 0 Å². The number of carboxylic acid groups (broad SMARTS) is 1. The minimum absolute atomic E-state index is 0.145. The molecule has 1 N–H and O–H groups in total. The SMILES string of the molecule is CC1c2ccsc2CCN1C(=O)CCc1ccc(C(=O)O)cc1. The number of carbonyl (C=O) groups excluding carboxylic acids is 1. The number of hydrogen-bond donors (Lipinski definition) is 1. The van der Waals surface area contributed by atoms with Crippen LogP contribution in [0.1, 0.15) is 45.7 Å². The molecular formula is C18H19NO3S. The van der Waals surface area contributed by atoms with E-state index in [1.807, 2.05) is 4.90 Å². The number of aryl methyl sites for hydroxylation is 1. The Bertz CT molecular complexity index is 720. The van der Waals surface area contributed by atoms with Crippen LogP contribution in [0, 0.1) is 0 Å². The van der Waals surface area contributed by atoms with Crippen molar-refractivity contribution in [1.29, 1.82) is 0 Å². The van der Waals surface area contributed by atoms with Gasteiger partial charge in [-0.2, -0.15) is 0 Å². The van der Waals surface area contributed by atoms with Crippen molar-refractivity contribution < 1.29 is 14.7 Å². The molecule has 1 aromatic carbocycles. The molecule has 0 fully saturated rings. The predicted octanol–water partition coefficient (Wildman–Crippen LogP) is 3.52. The third-order valence-corrected chi connectivity index (χ3v) is 5.42. The minimum atomic E-state index is -0.929. The maximum absolute atomic E-state index is 12.5. The van der Waals surface area contributed by atoms with Crippen LogP contribution in [0.2, 0.25) is 0 Å². The Labute approximate surface area is 139 Å². The summed E-state index contributed by atoms with van der Waals surface area (Å²) in [6.07, 6.45) is 2.03. The third kappa shape index (κ3) is 3.29. The van der Waals surface area contributed by atoms with Gasteiger partial charge in [0, 0.05) is 17.8 Å². The van der Waals surface area contributed by atoms with Gasteiger partial charge in [-0.1, -0.05) is 12.1 Å². The van der Waals surface area contributed by atoms with Crippen molar-refractivity contribution in [3.8, 4) is 0 Å². The summed E-state index contributed by atoms with van der Waals surface area (Å²) in [4.78, 5) is 26.7. The second-order valence-electron chi connectivity index (χ2n) is 5.81. The number of aromatic carboxylic acids is 1. The number of carboxylic acids is 1. The molecule has 2 aromatic rings. The van der Waals surface area contributed by atoms with E-state index in [4.69, 9.17) is 5.11 Å². The average Bonchev–Trinajstić information content (AvgIpc) is 3.03. The van der Waals surface area contributed by atoms with E-state index in [1.54, 1.807) is 35.6 Å². The van der Waals surface area contributed by atoms with Gasteiger partial charge in [0.05, 0.1) is 11.6 Å². The quantitative estimate of drug-likeness (QED) is 0.933. The number of amides is 1. The summed E-state index contributed by atoms with van der Waals surface area (Å²) in [5, 5.41) is 11.0. The van der Waals surface area contributed by atoms with E-state index in [9.17, 15) is 9.59 Å². The van der Waals surface area contributed by atoms with E-state index < -0.39 is 5.97 Å². The van der Waals surface area contributed by atoms with Crippen molar-refractivity contribution in [3.63, 3.8) is 0 Å². The number of nitrogens with zero attached hydrogens (tertiary/aromatic N) is 1. The molecule has 0 saturated heterocycles. The Kier molecular flexibility index (Phi) is 4.48. The molecule has 0 radical (unpaired) electrons. The first-order valence-corrected chi connectivity index (χ1v) is 8.62. The van der Waals surface area contributed by atoms with Crippen LogP contribution in [0.15, 0.2) is 35.7 Å². The Morgan fingerprint density at radius 3 is 2.70 bits per heavy atom. The third-order valence-electron chi connectivity index (χ3n) is 4.43. The summed E-state index contributed by atoms with van der Waals surface area (Å²) in [6.45, 7) is 2.87. The number of fused-ring (bicyclic) bond motifs is 1. The van der Waals surface area contributed by atoms with Crippen molar-refractivity contribution >= 4 is 23.2 Å². The summed E-state index contributed by atoms with van der Waals surface area (Å²) < 4.78 is 0. The molecule has 23 heavy (non-hydrogen) atoms. The van der Waals surface area contributed by atoms with Gasteiger partial charge in [-0.3, -0.25) is 4.79 Å². The molecule has 4 nitrogen and oxygen atoms in total. The smallest absolute Gasteiger partial charge is 0.335 e. The van der Waals surface area contributed by atoms with Crippen molar-refractivity contribution in [1.82, 2.24) is 4.90 Å². The normalized spacial score (nSPS) is 16.9. The van der Waals surface area contributed by atoms with Crippen LogP contribution in [0.5, 0.6) is 0 Å². The number of rotatable bonds is 4. The van der Waals surface area contributed by atoms with Crippen LogP contribution >= 0.6 is 11.3 Å². The zero-order valence-corrected chi connectivity index (χ0v) is 13.8. The Morgan fingerprint density at radius 1 is 1.26 bits per heavy atom. The molecule has 5 heteroatoms. The van der Waals surface area contributed by atoms with Crippen molar-refractivity contribution in [2.45, 2.75) is 32.2 Å². The van der Waals surface area contributed by atoms with Gasteiger partial charge in [-0.05, 0) is 54.5 Å². The van der Waals surface area contributed by atoms with E-state index >= 15 is 0 Å². The zero-order valence-electron chi connectivity index (χ0n) is 13.0. The fourth-order valence-corrected chi connectivity index (χ4v) is 4.02. The average molecular weight is 329 g/mol. The predicted molar refractivity (Wildman–Crippen MR) is 89.9 cm³/mol. The topological polar surface area (TPSA) is 57.6 Å². The number of carbonyl (C=O) groups is 2. The van der Waals surface area contributed by atoms with Gasteiger partial charge in [-0.25, -0.2) is 4.79 Å². The van der Waals surface area contributed by atoms with Gasteiger partial charge in [0.25, 0.3) is 0 Å². The molecular weight excluding hydrogens is 310 g/mol. The molecule has 1 aliphatic heterocycles. The van der Waals surface area contributed by atoms with Crippen molar-refractivity contribution in [3.05, 3.63) is 57.3 Å². The number of hydrogen-bond acceptors (Lipinski definition) is 3. The standard InChI is InChI=1S/C18H19NO3S/c1-12-15-9-11-23-16(15)8-10-19(12)17(20)7-4-13-2-5-14(6-3-13)18(21)22/h2-3,5-6,9,11-12H,4,7-8,10H2,1H3,(H,21,22). The maximum Gasteiger partial charge on any atom is 0.335 e. The van der Waals surface area contributed by atoms with Gasteiger partial charge >= 0.3 is 5.97 Å². The Morgan fingerprint density at radius 2 is 2.00 bits per heavy atom. The molecule has 2 heterocycles. The van der Waals surface area contributed by atoms with Gasteiger partial charge in [0.15, 0.2) is 0 Å². The van der Waals surface area contributed by atoms with Crippen molar-refractivity contribution in [2.24, 2.45) is 0 Å². The van der Waals surface area contributed by atoms with Crippen LogP contribution < -0.4 is 0 Å². The Hall–Kier alpha value is -2.14. The Balaban J connectivity index is 1.60. The molecule has 3 rings (SSSR count). The van der Waals surface area contributed by atoms with Crippen LogP contribution in [0.4, 0.5) is 0 Å². The minimum Gasteiger partial charge on any atom is -0.478 e. The van der Waals surface area contributed by atoms with Crippen LogP contribution in [-0.4, -0.2) is 28.4 Å². The molecule has 0 saturated carbocycles. The first kappa shape index (κ1) is 15.7. The van der Waals surface area contributed by atoms with Gasteiger partial charge in [0.2, 0.25) is 5.91 Å². The van der Waals surface area contributed by atoms with E-state index in [0.29, 0.717) is 12.8 Å². The van der Waals surface area contributed by atoms with Crippen LogP contribution in [-0.2, 0) is 17.6 Å². The fraction of sp³-hybridized carbons (Fsp3) is 0.333. The zero-order chi connectivity index (χ0) is 16.4. The second kappa shape index (κ2) is 6.54. The second-order valence-corrected chi connectivity index (χ2v) is 6.81. The lowest BCUT2D eigenvalue weighted by molar-refractivity contribution is -0.133. The fourth-order valence-electron chi connectivity index (χ4n) is 3.06. The molecule has 0 spiro atoms. The highest BCUT2D eigenvalue weighted by Crippen LogP contribution is 2.33. The molecule has 1 amide bonds. The highest BCUT2D eigenvalue weighted by atomic mass is 32.1. The summed E-state index contributed by atoms with van der Waals surface area (Å²) >= 11 is 1.77. The highest BCUT2D eigenvalue weighted by Gasteiger charge is 2.27. The van der Waals surface area contributed by atoms with E-state index in [2.05, 4.69) is 18.4 Å². The molecule has 1 unspecified atom stereocenters. The van der Waals surface area contributed by atoms with Gasteiger partial charge < -0.3 is 10.0 Å². The molecule has 1 aromatic heterocycles. The van der Waals surface area contributed by atoms with Gasteiger partial charge in [-0.15, -0.1) is 11.3 Å². The molecule has 0 aliphatic carbocycles. The van der Waals surface area contributed by atoms with Crippen LogP contribution in [0.3, 0.4) is 0 Å². The van der Waals surface area contributed by atoms with Crippen molar-refractivity contribution in [2.75, 3.05) is 6.54 Å². The lowest BCUT2D eigenvalue weighted by Gasteiger charge is -2.33. The summed E-state index contributed by atoms with van der Waals surface area (Å²) in [6, 6.07) is 9.01. The van der Waals surface area contributed by atoms with E-state index in [1.165, 1.54) is 10.4 Å². The number of thiophene rings is 1. The maximum atomic E-state index is 12.5. The first-order chi connectivity index (χ1) is 11.1. The van der Waals surface area contributed by atoms with E-state index in [-0.39, 0.29) is 17.5 Å². The summed E-state index contributed by atoms with van der Waals surface area (Å²) in [7, 11) is 0. The number of benzene rings is 1. The largest absolute Gasteiger partial charge is 0.478 e. The first-order valence-electron chi connectivity index (χ1n) is 7.74. The lowest BCUT2D eigenvalue weighted by Crippen LogP contribution is -2.38. The van der Waals surface area contributed by atoms with Crippen LogP contribution in [0.25, 0.3) is 0 Å². The summed E-state index contributed by atoms with van der Waals surface area (Å²) in [5.74, 6) is -0.766. The molecule has 1 atom stereocenters. The molecule has 120 valence electrons. The van der Waals surface area contributed by atoms with E-state index in [0.717, 1.165) is 18.5 Å². The molecule has 1 aliphatic rings. The highest BCUT2D eigenvalue weighted by molar-refractivity contribution is 7.10. The summed E-state index contributed by atoms with van der Waals surface area (Å²) in [5.41, 5.74) is 2.54. The molecule has 0 bridgehead atoms.